The van der Waals surface area contributed by atoms with Gasteiger partial charge in [-0.25, -0.2) is 0 Å². The molecule has 0 aliphatic carbocycles. The summed E-state index contributed by atoms with van der Waals surface area (Å²) in [7, 11) is 0. The molecule has 0 aliphatic heterocycles. The molecule has 0 spiro atoms. The molecule has 0 saturated heterocycles. The molecule has 1 unspecified atom stereocenters. The maximum absolute atomic E-state index is 11.5. The third kappa shape index (κ3) is 12.7. The minimum absolute atomic E-state index is 0.453. The molecule has 152 valence electrons. The van der Waals surface area contributed by atoms with Crippen LogP contribution in [-0.4, -0.2) is 91.1 Å². The molecule has 0 aromatic heterocycles. The lowest BCUT2D eigenvalue weighted by molar-refractivity contribution is -0.137. The van der Waals surface area contributed by atoms with E-state index in [0.29, 0.717) is 0 Å². The van der Waals surface area contributed by atoms with Crippen molar-refractivity contribution in [2.45, 2.75) is 6.04 Å². The fourth-order valence-corrected chi connectivity index (χ4v) is 1.34. The zero-order valence-electron chi connectivity index (χ0n) is 14.2. The number of nitrogens with two attached hydrogens (primary N) is 1. The number of carbonyl (C=O) groups excluding carboxylic acids is 5. The largest absolute Gasteiger partial charge is 0.480 e. The molecular weight excluding hydrogens is 368 g/mol. The van der Waals surface area contributed by atoms with Gasteiger partial charge in [-0.1, -0.05) is 0 Å². The molecule has 14 nitrogen and oxygen atoms in total. The topological polar surface area (TPSA) is 229 Å². The van der Waals surface area contributed by atoms with E-state index in [9.17, 15) is 28.8 Å². The van der Waals surface area contributed by atoms with Crippen molar-refractivity contribution in [1.82, 2.24) is 26.6 Å². The number of aliphatic hydroxyl groups excluding tert-OH is 1. The zero-order chi connectivity index (χ0) is 20.8. The van der Waals surface area contributed by atoms with Crippen molar-refractivity contribution in [1.29, 1.82) is 0 Å². The lowest BCUT2D eigenvalue weighted by Gasteiger charge is -2.10. The van der Waals surface area contributed by atoms with Gasteiger partial charge >= 0.3 is 5.97 Å². The number of carbonyl (C=O) groups is 6. The predicted octanol–water partition coefficient (Wildman–Crippen LogP) is -6.03. The number of hydrogen-bond donors (Lipinski definition) is 8. The minimum atomic E-state index is -1.24. The Morgan fingerprint density at radius 1 is 0.667 bits per heavy atom. The average molecular weight is 390 g/mol. The molecular formula is C13H22N6O8. The van der Waals surface area contributed by atoms with Crippen LogP contribution in [0.4, 0.5) is 0 Å². The SMILES string of the molecule is NC(CO)C(=O)NCC(=O)NCC(=O)NCC(=O)NCC(=O)NCC(=O)O. The van der Waals surface area contributed by atoms with Gasteiger partial charge in [0, 0.05) is 0 Å². The summed E-state index contributed by atoms with van der Waals surface area (Å²) in [6.45, 7) is -3.02. The first kappa shape index (κ1) is 23.7. The van der Waals surface area contributed by atoms with Gasteiger partial charge in [0.2, 0.25) is 29.5 Å². The Morgan fingerprint density at radius 3 is 1.33 bits per heavy atom. The maximum atomic E-state index is 11.5. The van der Waals surface area contributed by atoms with Crippen LogP contribution in [0.2, 0.25) is 0 Å². The quantitative estimate of drug-likeness (QED) is 0.158. The van der Waals surface area contributed by atoms with E-state index in [-0.39, 0.29) is 0 Å². The van der Waals surface area contributed by atoms with Crippen molar-refractivity contribution < 1.29 is 39.0 Å². The molecule has 0 heterocycles. The van der Waals surface area contributed by atoms with Crippen molar-refractivity contribution in [2.24, 2.45) is 5.73 Å². The second-order valence-electron chi connectivity index (χ2n) is 5.01. The summed E-state index contributed by atoms with van der Waals surface area (Å²) in [5.41, 5.74) is 5.22. The predicted molar refractivity (Wildman–Crippen MR) is 87.7 cm³/mol. The summed E-state index contributed by atoms with van der Waals surface area (Å²) in [6, 6.07) is -1.16. The standard InChI is InChI=1S/C13H22N6O8/c14-7(6-20)13(27)19-4-11(24)17-2-9(22)15-1-8(21)16-3-10(23)18-5-12(25)26/h7,20H,1-6,14H2,(H,15,22)(H,16,21)(H,17,24)(H,18,23)(H,19,27)(H,25,26). The summed E-state index contributed by atoms with van der Waals surface area (Å²) < 4.78 is 0. The summed E-state index contributed by atoms with van der Waals surface area (Å²) in [5, 5.41) is 27.7. The number of nitrogens with one attached hydrogen (secondary N) is 5. The number of carboxylic acids is 1. The van der Waals surface area contributed by atoms with Crippen LogP contribution in [0, 0.1) is 0 Å². The summed E-state index contributed by atoms with van der Waals surface area (Å²) in [6.07, 6.45) is 0. The fraction of sp³-hybridized carbons (Fsp3) is 0.538. The number of aliphatic carboxylic acids is 1. The number of aliphatic hydroxyl groups is 1. The van der Waals surface area contributed by atoms with Crippen LogP contribution < -0.4 is 32.3 Å². The van der Waals surface area contributed by atoms with Crippen LogP contribution in [0.25, 0.3) is 0 Å². The lowest BCUT2D eigenvalue weighted by atomic mass is 10.3. The smallest absolute Gasteiger partial charge is 0.322 e. The van der Waals surface area contributed by atoms with Crippen molar-refractivity contribution in [3.05, 3.63) is 0 Å². The van der Waals surface area contributed by atoms with Crippen LogP contribution in [-0.2, 0) is 28.8 Å². The molecule has 0 radical (unpaired) electrons. The molecule has 27 heavy (non-hydrogen) atoms. The molecule has 0 saturated carbocycles. The second kappa shape index (κ2) is 13.0. The summed E-state index contributed by atoms with van der Waals surface area (Å²) in [5.74, 6) is -4.78. The van der Waals surface area contributed by atoms with Gasteiger partial charge in [0.1, 0.15) is 12.6 Å². The highest BCUT2D eigenvalue weighted by Crippen LogP contribution is 1.76. The Labute approximate surface area is 153 Å². The Morgan fingerprint density at radius 2 is 1.00 bits per heavy atom. The van der Waals surface area contributed by atoms with E-state index in [4.69, 9.17) is 15.9 Å². The molecule has 1 atom stereocenters. The highest BCUT2D eigenvalue weighted by molar-refractivity contribution is 5.91. The minimum Gasteiger partial charge on any atom is -0.480 e. The van der Waals surface area contributed by atoms with Crippen molar-refractivity contribution in [3.8, 4) is 0 Å². The van der Waals surface area contributed by atoms with Gasteiger partial charge in [-0.3, -0.25) is 28.8 Å². The Kier molecular flexibility index (Phi) is 11.4. The normalized spacial score (nSPS) is 10.9. The summed E-state index contributed by atoms with van der Waals surface area (Å²) in [4.78, 5) is 66.9. The van der Waals surface area contributed by atoms with Gasteiger partial charge in [0.15, 0.2) is 0 Å². The number of carboxylic acid groups (broad SMARTS) is 1. The first-order valence-corrected chi connectivity index (χ1v) is 7.58. The Bertz CT molecular complexity index is 581. The molecule has 5 amide bonds. The van der Waals surface area contributed by atoms with Gasteiger partial charge in [-0.15, -0.1) is 0 Å². The first-order valence-electron chi connectivity index (χ1n) is 7.58. The van der Waals surface area contributed by atoms with Crippen molar-refractivity contribution >= 4 is 35.5 Å². The molecule has 0 aromatic rings. The van der Waals surface area contributed by atoms with Crippen LogP contribution >= 0.6 is 0 Å². The van der Waals surface area contributed by atoms with Crippen LogP contribution in [0.1, 0.15) is 0 Å². The van der Waals surface area contributed by atoms with E-state index in [1.165, 1.54) is 0 Å². The van der Waals surface area contributed by atoms with E-state index < -0.39 is 80.9 Å². The van der Waals surface area contributed by atoms with Gasteiger partial charge in [-0.2, -0.15) is 0 Å². The molecule has 14 heteroatoms. The first-order chi connectivity index (χ1) is 12.6. The van der Waals surface area contributed by atoms with Gasteiger partial charge in [0.05, 0.1) is 32.8 Å². The molecule has 0 aliphatic rings. The average Bonchev–Trinajstić information content (AvgIpc) is 2.64. The zero-order valence-corrected chi connectivity index (χ0v) is 14.2. The van der Waals surface area contributed by atoms with E-state index in [1.54, 1.807) is 0 Å². The van der Waals surface area contributed by atoms with Crippen molar-refractivity contribution in [2.75, 3.05) is 39.3 Å². The van der Waals surface area contributed by atoms with Crippen molar-refractivity contribution in [3.63, 3.8) is 0 Å². The van der Waals surface area contributed by atoms with Crippen LogP contribution in [0.3, 0.4) is 0 Å². The van der Waals surface area contributed by atoms with E-state index >= 15 is 0 Å². The fourth-order valence-electron chi connectivity index (χ4n) is 1.34. The Balaban J connectivity index is 3.88. The Hall–Kier alpha value is -3.26. The molecule has 0 fully saturated rings. The second-order valence-corrected chi connectivity index (χ2v) is 5.01. The van der Waals surface area contributed by atoms with Gasteiger partial charge < -0.3 is 42.5 Å². The van der Waals surface area contributed by atoms with Gasteiger partial charge in [0.25, 0.3) is 0 Å². The third-order valence-corrected chi connectivity index (χ3v) is 2.73. The monoisotopic (exact) mass is 390 g/mol. The summed E-state index contributed by atoms with van der Waals surface area (Å²) >= 11 is 0. The van der Waals surface area contributed by atoms with Crippen LogP contribution in [0.5, 0.6) is 0 Å². The molecule has 0 bridgehead atoms. The van der Waals surface area contributed by atoms with E-state index in [1.807, 2.05) is 5.32 Å². The molecule has 9 N–H and O–H groups in total. The number of rotatable bonds is 12. The van der Waals surface area contributed by atoms with E-state index in [0.717, 1.165) is 0 Å². The molecule has 0 aromatic carbocycles. The lowest BCUT2D eigenvalue weighted by Crippen LogP contribution is -2.48. The van der Waals surface area contributed by atoms with Gasteiger partial charge in [-0.05, 0) is 0 Å². The maximum Gasteiger partial charge on any atom is 0.322 e. The number of amides is 5. The van der Waals surface area contributed by atoms with E-state index in [2.05, 4.69) is 21.3 Å². The highest BCUT2D eigenvalue weighted by Gasteiger charge is 2.13. The highest BCUT2D eigenvalue weighted by atomic mass is 16.4. The number of hydrogen-bond acceptors (Lipinski definition) is 8. The molecule has 0 rings (SSSR count). The van der Waals surface area contributed by atoms with Crippen LogP contribution in [0.15, 0.2) is 0 Å². The third-order valence-electron chi connectivity index (χ3n) is 2.73.